The predicted molar refractivity (Wildman–Crippen MR) is 84.2 cm³/mol. The first-order valence-electron chi connectivity index (χ1n) is 7.35. The fourth-order valence-electron chi connectivity index (χ4n) is 2.89. The second-order valence-corrected chi connectivity index (χ2v) is 6.32. The van der Waals surface area contributed by atoms with Crippen molar-refractivity contribution in [3.63, 3.8) is 0 Å². The lowest BCUT2D eigenvalue weighted by atomic mass is 9.86. The average molecular weight is 297 g/mol. The summed E-state index contributed by atoms with van der Waals surface area (Å²) in [6, 6.07) is 8.11. The van der Waals surface area contributed by atoms with Gasteiger partial charge in [-0.15, -0.1) is 0 Å². The Morgan fingerprint density at radius 3 is 2.70 bits per heavy atom. The highest BCUT2D eigenvalue weighted by atomic mass is 35.5. The molecule has 1 aliphatic heterocycles. The minimum absolute atomic E-state index is 0.261. The Bertz CT molecular complexity index is 401. The Morgan fingerprint density at radius 1 is 1.35 bits per heavy atom. The number of rotatable bonds is 7. The van der Waals surface area contributed by atoms with E-state index >= 15 is 0 Å². The van der Waals surface area contributed by atoms with Gasteiger partial charge in [0.2, 0.25) is 0 Å². The summed E-state index contributed by atoms with van der Waals surface area (Å²) in [5.74, 6) is 0. The molecule has 2 rings (SSSR count). The summed E-state index contributed by atoms with van der Waals surface area (Å²) < 4.78 is 5.64. The Hall–Kier alpha value is -0.610. The number of halogens is 1. The quantitative estimate of drug-likeness (QED) is 0.837. The number of benzene rings is 1. The molecular weight excluding hydrogens is 272 g/mol. The summed E-state index contributed by atoms with van der Waals surface area (Å²) in [6.45, 7) is 7.97. The van der Waals surface area contributed by atoms with Gasteiger partial charge in [0.05, 0.1) is 6.61 Å². The van der Waals surface area contributed by atoms with E-state index in [0.717, 1.165) is 50.8 Å². The van der Waals surface area contributed by atoms with Crippen LogP contribution in [-0.2, 0) is 11.3 Å². The van der Waals surface area contributed by atoms with Crippen LogP contribution in [0.25, 0.3) is 0 Å². The van der Waals surface area contributed by atoms with Crippen LogP contribution < -0.4 is 5.32 Å². The van der Waals surface area contributed by atoms with Gasteiger partial charge in [0.25, 0.3) is 0 Å². The first kappa shape index (κ1) is 15.8. The molecule has 0 radical (unpaired) electrons. The lowest BCUT2D eigenvalue weighted by Gasteiger charge is -2.32. The lowest BCUT2D eigenvalue weighted by Crippen LogP contribution is -2.43. The van der Waals surface area contributed by atoms with E-state index in [1.54, 1.807) is 0 Å². The van der Waals surface area contributed by atoms with Crippen molar-refractivity contribution < 1.29 is 4.74 Å². The van der Waals surface area contributed by atoms with Crippen LogP contribution in [0.3, 0.4) is 0 Å². The molecule has 1 heterocycles. The molecule has 1 fully saturated rings. The first-order valence-corrected chi connectivity index (χ1v) is 7.73. The molecule has 1 atom stereocenters. The van der Waals surface area contributed by atoms with E-state index in [2.05, 4.69) is 36.3 Å². The van der Waals surface area contributed by atoms with Gasteiger partial charge in [-0.1, -0.05) is 30.7 Å². The van der Waals surface area contributed by atoms with Crippen LogP contribution in [0.1, 0.15) is 18.9 Å². The maximum Gasteiger partial charge on any atom is 0.0547 e. The van der Waals surface area contributed by atoms with E-state index in [1.165, 1.54) is 5.56 Å². The third kappa shape index (κ3) is 4.45. The Labute approximate surface area is 127 Å². The van der Waals surface area contributed by atoms with Gasteiger partial charge in [-0.05, 0) is 37.7 Å². The predicted octanol–water partition coefficient (Wildman–Crippen LogP) is 2.79. The second-order valence-electron chi connectivity index (χ2n) is 5.88. The molecule has 4 heteroatoms. The van der Waals surface area contributed by atoms with Crippen LogP contribution >= 0.6 is 11.6 Å². The minimum atomic E-state index is 0.261. The SMILES string of the molecule is CCNCC1(CN(C)Cc2ccc(Cl)cc2)CCOC1. The van der Waals surface area contributed by atoms with E-state index in [9.17, 15) is 0 Å². The monoisotopic (exact) mass is 296 g/mol. The molecule has 1 N–H and O–H groups in total. The molecule has 112 valence electrons. The summed E-state index contributed by atoms with van der Waals surface area (Å²) in [5, 5.41) is 4.28. The summed E-state index contributed by atoms with van der Waals surface area (Å²) >= 11 is 5.93. The Kier molecular flexibility index (Phi) is 5.85. The largest absolute Gasteiger partial charge is 0.381 e. The molecule has 1 aromatic rings. The summed E-state index contributed by atoms with van der Waals surface area (Å²) in [7, 11) is 2.18. The lowest BCUT2D eigenvalue weighted by molar-refractivity contribution is 0.117. The van der Waals surface area contributed by atoms with Crippen molar-refractivity contribution in [2.45, 2.75) is 19.9 Å². The number of nitrogens with one attached hydrogen (secondary N) is 1. The van der Waals surface area contributed by atoms with Crippen molar-refractivity contribution in [2.24, 2.45) is 5.41 Å². The maximum absolute atomic E-state index is 5.93. The van der Waals surface area contributed by atoms with Gasteiger partial charge in [0.15, 0.2) is 0 Å². The number of nitrogens with zero attached hydrogens (tertiary/aromatic N) is 1. The van der Waals surface area contributed by atoms with Gasteiger partial charge in [-0.3, -0.25) is 0 Å². The van der Waals surface area contributed by atoms with Crippen molar-refractivity contribution in [1.82, 2.24) is 10.2 Å². The third-order valence-electron chi connectivity index (χ3n) is 3.91. The molecule has 0 aliphatic carbocycles. The third-order valence-corrected chi connectivity index (χ3v) is 4.16. The van der Waals surface area contributed by atoms with Crippen LogP contribution in [0.15, 0.2) is 24.3 Å². The first-order chi connectivity index (χ1) is 9.63. The van der Waals surface area contributed by atoms with Crippen LogP contribution in [0, 0.1) is 5.41 Å². The van der Waals surface area contributed by atoms with Crippen LogP contribution in [0.2, 0.25) is 5.02 Å². The molecule has 0 saturated carbocycles. The second kappa shape index (κ2) is 7.41. The zero-order valence-corrected chi connectivity index (χ0v) is 13.2. The van der Waals surface area contributed by atoms with Gasteiger partial charge in [-0.25, -0.2) is 0 Å². The van der Waals surface area contributed by atoms with Gasteiger partial charge in [0, 0.05) is 36.7 Å². The standard InChI is InChI=1S/C16H25ClN2O/c1-3-18-11-16(8-9-20-13-16)12-19(2)10-14-4-6-15(17)7-5-14/h4-7,18H,3,8-13H2,1-2H3. The summed E-state index contributed by atoms with van der Waals surface area (Å²) in [6.07, 6.45) is 1.14. The number of hydrogen-bond acceptors (Lipinski definition) is 3. The zero-order chi connectivity index (χ0) is 14.4. The van der Waals surface area contributed by atoms with Gasteiger partial charge >= 0.3 is 0 Å². The van der Waals surface area contributed by atoms with E-state index < -0.39 is 0 Å². The maximum atomic E-state index is 5.93. The van der Waals surface area contributed by atoms with Gasteiger partial charge in [-0.2, -0.15) is 0 Å². The van der Waals surface area contributed by atoms with Crippen molar-refractivity contribution in [2.75, 3.05) is 39.9 Å². The smallest absolute Gasteiger partial charge is 0.0547 e. The topological polar surface area (TPSA) is 24.5 Å². The Morgan fingerprint density at radius 2 is 2.10 bits per heavy atom. The fraction of sp³-hybridized carbons (Fsp3) is 0.625. The Balaban J connectivity index is 1.91. The zero-order valence-electron chi connectivity index (χ0n) is 12.5. The summed E-state index contributed by atoms with van der Waals surface area (Å²) in [4.78, 5) is 2.38. The van der Waals surface area contributed by atoms with E-state index in [0.29, 0.717) is 0 Å². The van der Waals surface area contributed by atoms with E-state index in [1.807, 2.05) is 12.1 Å². The molecule has 0 amide bonds. The normalized spacial score (nSPS) is 22.6. The molecule has 1 saturated heterocycles. The molecule has 3 nitrogen and oxygen atoms in total. The fourth-order valence-corrected chi connectivity index (χ4v) is 3.02. The minimum Gasteiger partial charge on any atom is -0.381 e. The van der Waals surface area contributed by atoms with Gasteiger partial charge < -0.3 is 15.0 Å². The molecule has 1 aromatic carbocycles. The van der Waals surface area contributed by atoms with Gasteiger partial charge in [0.1, 0.15) is 0 Å². The molecular formula is C16H25ClN2O. The number of hydrogen-bond donors (Lipinski definition) is 1. The highest BCUT2D eigenvalue weighted by Gasteiger charge is 2.35. The van der Waals surface area contributed by atoms with Crippen LogP contribution in [-0.4, -0.2) is 44.8 Å². The molecule has 1 unspecified atom stereocenters. The highest BCUT2D eigenvalue weighted by molar-refractivity contribution is 6.30. The van der Waals surface area contributed by atoms with Crippen molar-refractivity contribution in [3.8, 4) is 0 Å². The van der Waals surface area contributed by atoms with Crippen LogP contribution in [0.5, 0.6) is 0 Å². The molecule has 0 bridgehead atoms. The van der Waals surface area contributed by atoms with E-state index in [-0.39, 0.29) is 5.41 Å². The molecule has 1 aliphatic rings. The van der Waals surface area contributed by atoms with Crippen LogP contribution in [0.4, 0.5) is 0 Å². The van der Waals surface area contributed by atoms with Crippen molar-refractivity contribution >= 4 is 11.6 Å². The van der Waals surface area contributed by atoms with Crippen molar-refractivity contribution in [1.29, 1.82) is 0 Å². The molecule has 0 aromatic heterocycles. The molecule has 0 spiro atoms. The number of ether oxygens (including phenoxy) is 1. The van der Waals surface area contributed by atoms with E-state index in [4.69, 9.17) is 16.3 Å². The van der Waals surface area contributed by atoms with Crippen molar-refractivity contribution in [3.05, 3.63) is 34.9 Å². The highest BCUT2D eigenvalue weighted by Crippen LogP contribution is 2.29. The molecule has 20 heavy (non-hydrogen) atoms. The average Bonchev–Trinajstić information content (AvgIpc) is 2.88. The summed E-state index contributed by atoms with van der Waals surface area (Å²) in [5.41, 5.74) is 1.56.